The summed E-state index contributed by atoms with van der Waals surface area (Å²) < 4.78 is 31.7. The summed E-state index contributed by atoms with van der Waals surface area (Å²) in [6.45, 7) is 5.63. The number of aromatic nitrogens is 2. The number of hydrogen-bond acceptors (Lipinski definition) is 4. The number of nitrogens with one attached hydrogen (secondary N) is 3. The molecule has 1 atom stereocenters. The van der Waals surface area contributed by atoms with E-state index in [0.717, 1.165) is 23.1 Å². The SMILES string of the molecule is CNCC(C)CNC(=O)c1cnc2[nH]cc(C)c2c1.O=C(O)C(F)(F)F. The average molecular weight is 374 g/mol. The fraction of sp³-hybridized carbons (Fsp3) is 0.438. The molecule has 0 saturated carbocycles. The highest BCUT2D eigenvalue weighted by molar-refractivity contribution is 5.97. The van der Waals surface area contributed by atoms with E-state index in [0.29, 0.717) is 18.0 Å². The van der Waals surface area contributed by atoms with Crippen molar-refractivity contribution in [1.82, 2.24) is 20.6 Å². The van der Waals surface area contributed by atoms with E-state index in [1.165, 1.54) is 0 Å². The third-order valence-electron chi connectivity index (χ3n) is 3.41. The third-order valence-corrected chi connectivity index (χ3v) is 3.41. The lowest BCUT2D eigenvalue weighted by molar-refractivity contribution is -0.192. The zero-order chi connectivity index (χ0) is 19.9. The molecule has 1 amide bonds. The van der Waals surface area contributed by atoms with Gasteiger partial charge in [-0.2, -0.15) is 13.2 Å². The van der Waals surface area contributed by atoms with Crippen LogP contribution in [-0.2, 0) is 4.79 Å². The maximum atomic E-state index is 12.0. The molecule has 0 aliphatic carbocycles. The van der Waals surface area contributed by atoms with Gasteiger partial charge in [0, 0.05) is 24.3 Å². The second kappa shape index (κ2) is 9.18. The van der Waals surface area contributed by atoms with E-state index in [2.05, 4.69) is 27.5 Å². The van der Waals surface area contributed by atoms with Gasteiger partial charge in [-0.15, -0.1) is 0 Å². The predicted octanol–water partition coefficient (Wildman–Crippen LogP) is 2.09. The van der Waals surface area contributed by atoms with E-state index in [9.17, 15) is 18.0 Å². The molecule has 7 nitrogen and oxygen atoms in total. The van der Waals surface area contributed by atoms with Crippen molar-refractivity contribution < 1.29 is 27.9 Å². The standard InChI is InChI=1S/C14H20N4O.C2HF3O2/c1-9(5-15-3)6-18-14(19)11-4-12-10(2)7-16-13(12)17-8-11;3-2(4,5)1(6)7/h4,7-9,15H,5-6H2,1-3H3,(H,16,17)(H,18,19);(H,6,7). The van der Waals surface area contributed by atoms with E-state index >= 15 is 0 Å². The number of rotatable bonds is 5. The van der Waals surface area contributed by atoms with Crippen LogP contribution in [0.4, 0.5) is 13.2 Å². The summed E-state index contributed by atoms with van der Waals surface area (Å²) in [5, 5.41) is 14.1. The van der Waals surface area contributed by atoms with E-state index in [1.54, 1.807) is 6.20 Å². The van der Waals surface area contributed by atoms with Crippen LogP contribution in [0, 0.1) is 12.8 Å². The summed E-state index contributed by atoms with van der Waals surface area (Å²) in [6, 6.07) is 1.88. The van der Waals surface area contributed by atoms with Crippen LogP contribution in [0.25, 0.3) is 11.0 Å². The summed E-state index contributed by atoms with van der Waals surface area (Å²) in [4.78, 5) is 28.3. The molecule has 2 aromatic rings. The molecule has 0 fully saturated rings. The van der Waals surface area contributed by atoms with E-state index in [4.69, 9.17) is 9.90 Å². The Balaban J connectivity index is 0.000000412. The average Bonchev–Trinajstić information content (AvgIpc) is 2.93. The second-order valence-electron chi connectivity index (χ2n) is 5.77. The molecule has 0 bridgehead atoms. The molecule has 0 aliphatic rings. The Morgan fingerprint density at radius 1 is 1.35 bits per heavy atom. The Morgan fingerprint density at radius 3 is 2.50 bits per heavy atom. The van der Waals surface area contributed by atoms with Gasteiger partial charge in [0.15, 0.2) is 0 Å². The number of carbonyl (C=O) groups is 2. The highest BCUT2D eigenvalue weighted by atomic mass is 19.4. The Kier molecular flexibility index (Phi) is 7.56. The lowest BCUT2D eigenvalue weighted by atomic mass is 10.1. The molecule has 0 saturated heterocycles. The summed E-state index contributed by atoms with van der Waals surface area (Å²) in [6.07, 6.45) is -1.58. The Hall–Kier alpha value is -2.62. The Morgan fingerprint density at radius 2 is 1.96 bits per heavy atom. The first-order chi connectivity index (χ1) is 12.1. The number of carbonyl (C=O) groups excluding carboxylic acids is 1. The van der Waals surface area contributed by atoms with Gasteiger partial charge in [-0.3, -0.25) is 4.79 Å². The number of aliphatic carboxylic acids is 1. The van der Waals surface area contributed by atoms with Crippen molar-refractivity contribution in [3.63, 3.8) is 0 Å². The van der Waals surface area contributed by atoms with Gasteiger partial charge in [-0.05, 0) is 38.1 Å². The van der Waals surface area contributed by atoms with Crippen LogP contribution in [0.1, 0.15) is 22.8 Å². The van der Waals surface area contributed by atoms with Crippen LogP contribution in [0.2, 0.25) is 0 Å². The number of H-pyrrole nitrogens is 1. The molecule has 2 aromatic heterocycles. The number of hydrogen-bond donors (Lipinski definition) is 4. The molecule has 0 aliphatic heterocycles. The first-order valence-corrected chi connectivity index (χ1v) is 7.72. The molecule has 0 spiro atoms. The topological polar surface area (TPSA) is 107 Å². The van der Waals surface area contributed by atoms with Crippen LogP contribution in [0.15, 0.2) is 18.5 Å². The number of fused-ring (bicyclic) bond motifs is 1. The van der Waals surface area contributed by atoms with Crippen molar-refractivity contribution in [3.05, 3.63) is 29.6 Å². The van der Waals surface area contributed by atoms with Crippen molar-refractivity contribution in [2.75, 3.05) is 20.1 Å². The van der Waals surface area contributed by atoms with Crippen molar-refractivity contribution in [2.45, 2.75) is 20.0 Å². The van der Waals surface area contributed by atoms with Crippen LogP contribution in [0.5, 0.6) is 0 Å². The smallest absolute Gasteiger partial charge is 0.475 e. The molecule has 0 radical (unpaired) electrons. The number of nitrogens with zero attached hydrogens (tertiary/aromatic N) is 1. The molecule has 1 unspecified atom stereocenters. The number of aromatic amines is 1. The lowest BCUT2D eigenvalue weighted by Crippen LogP contribution is -2.32. The normalized spacial score (nSPS) is 12.2. The maximum Gasteiger partial charge on any atom is 0.490 e. The summed E-state index contributed by atoms with van der Waals surface area (Å²) in [5.74, 6) is -2.43. The van der Waals surface area contributed by atoms with Gasteiger partial charge in [0.25, 0.3) is 5.91 Å². The van der Waals surface area contributed by atoms with Crippen molar-refractivity contribution in [1.29, 1.82) is 0 Å². The van der Waals surface area contributed by atoms with Gasteiger partial charge in [-0.1, -0.05) is 6.92 Å². The molecule has 10 heteroatoms. The molecule has 144 valence electrons. The summed E-state index contributed by atoms with van der Waals surface area (Å²) in [5.41, 5.74) is 2.52. The van der Waals surface area contributed by atoms with E-state index in [-0.39, 0.29) is 5.91 Å². The lowest BCUT2D eigenvalue weighted by Gasteiger charge is -2.11. The largest absolute Gasteiger partial charge is 0.490 e. The van der Waals surface area contributed by atoms with E-state index in [1.807, 2.05) is 26.2 Å². The van der Waals surface area contributed by atoms with Crippen molar-refractivity contribution in [3.8, 4) is 0 Å². The van der Waals surface area contributed by atoms with Gasteiger partial charge < -0.3 is 20.7 Å². The van der Waals surface area contributed by atoms with Gasteiger partial charge in [-0.25, -0.2) is 9.78 Å². The fourth-order valence-corrected chi connectivity index (χ4v) is 2.05. The Labute approximate surface area is 148 Å². The number of carboxylic acids is 1. The molecular weight excluding hydrogens is 353 g/mol. The predicted molar refractivity (Wildman–Crippen MR) is 89.9 cm³/mol. The minimum atomic E-state index is -5.08. The number of aryl methyl sites for hydroxylation is 1. The van der Waals surface area contributed by atoms with Crippen molar-refractivity contribution >= 4 is 22.9 Å². The van der Waals surface area contributed by atoms with Gasteiger partial charge in [0.05, 0.1) is 5.56 Å². The fourth-order valence-electron chi connectivity index (χ4n) is 2.05. The Bertz CT molecular complexity index is 759. The van der Waals surface area contributed by atoms with Gasteiger partial charge in [0.2, 0.25) is 0 Å². The van der Waals surface area contributed by atoms with Crippen LogP contribution >= 0.6 is 0 Å². The van der Waals surface area contributed by atoms with Crippen molar-refractivity contribution in [2.24, 2.45) is 5.92 Å². The van der Waals surface area contributed by atoms with E-state index < -0.39 is 12.1 Å². The van der Waals surface area contributed by atoms with Crippen LogP contribution < -0.4 is 10.6 Å². The van der Waals surface area contributed by atoms with Gasteiger partial charge in [0.1, 0.15) is 5.65 Å². The first kappa shape index (κ1) is 21.4. The zero-order valence-corrected chi connectivity index (χ0v) is 14.6. The molecule has 2 heterocycles. The molecular formula is C16H21F3N4O3. The maximum absolute atomic E-state index is 12.0. The number of alkyl halides is 3. The summed E-state index contributed by atoms with van der Waals surface area (Å²) in [7, 11) is 1.91. The molecule has 26 heavy (non-hydrogen) atoms. The quantitative estimate of drug-likeness (QED) is 0.641. The highest BCUT2D eigenvalue weighted by Gasteiger charge is 2.38. The highest BCUT2D eigenvalue weighted by Crippen LogP contribution is 2.16. The number of halogens is 3. The monoisotopic (exact) mass is 374 g/mol. The minimum Gasteiger partial charge on any atom is -0.475 e. The first-order valence-electron chi connectivity index (χ1n) is 7.72. The van der Waals surface area contributed by atoms with Crippen LogP contribution in [0.3, 0.4) is 0 Å². The number of amides is 1. The minimum absolute atomic E-state index is 0.0713. The molecule has 4 N–H and O–H groups in total. The second-order valence-corrected chi connectivity index (χ2v) is 5.77. The third kappa shape index (κ3) is 6.36. The molecule has 2 rings (SSSR count). The summed E-state index contributed by atoms with van der Waals surface area (Å²) >= 11 is 0. The van der Waals surface area contributed by atoms with Gasteiger partial charge >= 0.3 is 12.1 Å². The number of pyridine rings is 1. The number of carboxylic acid groups (broad SMARTS) is 1. The zero-order valence-electron chi connectivity index (χ0n) is 14.6. The van der Waals surface area contributed by atoms with Crippen LogP contribution in [-0.4, -0.2) is 53.3 Å². The molecule has 0 aromatic carbocycles.